The van der Waals surface area contributed by atoms with Crippen LogP contribution in [0.15, 0.2) is 36.5 Å². The van der Waals surface area contributed by atoms with Gasteiger partial charge < -0.3 is 4.57 Å². The van der Waals surface area contributed by atoms with E-state index in [1.807, 2.05) is 12.1 Å². The Bertz CT molecular complexity index is 1010. The van der Waals surface area contributed by atoms with Crippen molar-refractivity contribution in [2.24, 2.45) is 5.92 Å². The van der Waals surface area contributed by atoms with Gasteiger partial charge in [0.2, 0.25) is 0 Å². The summed E-state index contributed by atoms with van der Waals surface area (Å²) >= 11 is 6.26. The van der Waals surface area contributed by atoms with Crippen molar-refractivity contribution in [3.05, 3.63) is 64.1 Å². The van der Waals surface area contributed by atoms with Crippen LogP contribution in [0.1, 0.15) is 48.7 Å². The summed E-state index contributed by atoms with van der Waals surface area (Å²) in [5.74, 6) is 0.693. The highest BCUT2D eigenvalue weighted by molar-refractivity contribution is 6.31. The largest absolute Gasteiger partial charge is 0.433 e. The molecule has 154 valence electrons. The first-order valence-corrected chi connectivity index (χ1v) is 10.6. The number of hydrogen-bond acceptors (Lipinski definition) is 1. The summed E-state index contributed by atoms with van der Waals surface area (Å²) in [5, 5.41) is 1.95. The maximum Gasteiger partial charge on any atom is 0.433 e. The Morgan fingerprint density at radius 1 is 1.21 bits per heavy atom. The van der Waals surface area contributed by atoms with Crippen LogP contribution in [-0.2, 0) is 32.0 Å². The minimum Gasteiger partial charge on any atom is -0.344 e. The monoisotopic (exact) mass is 420 g/mol. The van der Waals surface area contributed by atoms with E-state index in [0.29, 0.717) is 12.3 Å². The fourth-order valence-corrected chi connectivity index (χ4v) is 4.75. The summed E-state index contributed by atoms with van der Waals surface area (Å²) in [4.78, 5) is 3.60. The molecule has 6 heteroatoms. The second-order valence-corrected chi connectivity index (χ2v) is 8.37. The van der Waals surface area contributed by atoms with E-state index in [2.05, 4.69) is 22.5 Å². The van der Waals surface area contributed by atoms with Crippen molar-refractivity contribution >= 4 is 22.5 Å². The lowest BCUT2D eigenvalue weighted by atomic mass is 9.84. The Morgan fingerprint density at radius 2 is 2.03 bits per heavy atom. The van der Waals surface area contributed by atoms with E-state index in [-0.39, 0.29) is 0 Å². The number of aromatic nitrogens is 2. The van der Waals surface area contributed by atoms with Gasteiger partial charge in [0.25, 0.3) is 0 Å². The first-order chi connectivity index (χ1) is 13.9. The Kier molecular flexibility index (Phi) is 5.60. The molecule has 4 rings (SSSR count). The smallest absolute Gasteiger partial charge is 0.344 e. The summed E-state index contributed by atoms with van der Waals surface area (Å²) in [7, 11) is 0. The number of aryl methyl sites for hydroxylation is 3. The zero-order valence-electron chi connectivity index (χ0n) is 16.4. The number of fused-ring (bicyclic) bond motifs is 3. The quantitative estimate of drug-likeness (QED) is 0.441. The molecule has 2 heterocycles. The molecule has 2 nitrogen and oxygen atoms in total. The van der Waals surface area contributed by atoms with Gasteiger partial charge in [-0.15, -0.1) is 0 Å². The van der Waals surface area contributed by atoms with Gasteiger partial charge in [0.15, 0.2) is 0 Å². The SMILES string of the molecule is CCCC1CCc2c(n(CCc3ccc(C(F)(F)F)nc3)c3ccc(Cl)cc23)C1. The van der Waals surface area contributed by atoms with Crippen LogP contribution in [0.25, 0.3) is 10.9 Å². The molecule has 0 fully saturated rings. The molecule has 0 spiro atoms. The first-order valence-electron chi connectivity index (χ1n) is 10.2. The topological polar surface area (TPSA) is 17.8 Å². The van der Waals surface area contributed by atoms with E-state index in [1.165, 1.54) is 48.2 Å². The van der Waals surface area contributed by atoms with Crippen molar-refractivity contribution in [3.63, 3.8) is 0 Å². The molecule has 0 amide bonds. The maximum absolute atomic E-state index is 12.7. The molecule has 2 aromatic heterocycles. The minimum atomic E-state index is -4.40. The summed E-state index contributed by atoms with van der Waals surface area (Å²) in [6.07, 6.45) is 3.32. The molecular formula is C23H24ClF3N2. The van der Waals surface area contributed by atoms with E-state index >= 15 is 0 Å². The number of benzene rings is 1. The maximum atomic E-state index is 12.7. The van der Waals surface area contributed by atoms with E-state index < -0.39 is 11.9 Å². The summed E-state index contributed by atoms with van der Waals surface area (Å²) in [6, 6.07) is 8.62. The van der Waals surface area contributed by atoms with Crippen molar-refractivity contribution in [2.75, 3.05) is 0 Å². The highest BCUT2D eigenvalue weighted by Crippen LogP contribution is 2.37. The van der Waals surface area contributed by atoms with Crippen molar-refractivity contribution in [3.8, 4) is 0 Å². The van der Waals surface area contributed by atoms with Crippen LogP contribution in [0, 0.1) is 5.92 Å². The summed E-state index contributed by atoms with van der Waals surface area (Å²) in [5.41, 5.74) is 3.88. The average Bonchev–Trinajstić information content (AvgIpc) is 2.98. The molecule has 1 aromatic carbocycles. The number of alkyl halides is 3. The van der Waals surface area contributed by atoms with Gasteiger partial charge >= 0.3 is 6.18 Å². The Labute approximate surface area is 173 Å². The summed E-state index contributed by atoms with van der Waals surface area (Å²) in [6.45, 7) is 2.95. The molecule has 0 radical (unpaired) electrons. The van der Waals surface area contributed by atoms with Gasteiger partial charge in [-0.1, -0.05) is 37.4 Å². The van der Waals surface area contributed by atoms with Gasteiger partial charge in [0, 0.05) is 34.4 Å². The van der Waals surface area contributed by atoms with Gasteiger partial charge in [-0.3, -0.25) is 4.98 Å². The molecule has 0 saturated carbocycles. The van der Waals surface area contributed by atoms with E-state index in [0.717, 1.165) is 41.6 Å². The Morgan fingerprint density at radius 3 is 2.72 bits per heavy atom. The lowest BCUT2D eigenvalue weighted by Crippen LogP contribution is -2.17. The van der Waals surface area contributed by atoms with Crippen LogP contribution in [-0.4, -0.2) is 9.55 Å². The fourth-order valence-electron chi connectivity index (χ4n) is 4.58. The van der Waals surface area contributed by atoms with Crippen molar-refractivity contribution in [1.29, 1.82) is 0 Å². The standard InChI is InChI=1S/C23H24ClF3N2/c1-2-3-15-4-7-18-19-13-17(24)6-8-20(19)29(21(18)12-15)11-10-16-5-9-22(28-14-16)23(25,26)27/h5-6,8-9,13-15H,2-4,7,10-12H2,1H3. The first kappa shape index (κ1) is 20.3. The molecule has 1 aliphatic rings. The lowest BCUT2D eigenvalue weighted by molar-refractivity contribution is -0.141. The molecule has 1 atom stereocenters. The zero-order valence-corrected chi connectivity index (χ0v) is 17.2. The molecular weight excluding hydrogens is 397 g/mol. The number of hydrogen-bond donors (Lipinski definition) is 0. The Balaban J connectivity index is 1.64. The lowest BCUT2D eigenvalue weighted by Gasteiger charge is -2.24. The van der Waals surface area contributed by atoms with E-state index in [9.17, 15) is 13.2 Å². The van der Waals surface area contributed by atoms with E-state index in [1.54, 1.807) is 0 Å². The highest BCUT2D eigenvalue weighted by Gasteiger charge is 2.32. The van der Waals surface area contributed by atoms with Gasteiger partial charge in [-0.05, 0) is 67.0 Å². The van der Waals surface area contributed by atoms with Crippen LogP contribution >= 0.6 is 11.6 Å². The second kappa shape index (κ2) is 8.02. The van der Waals surface area contributed by atoms with Crippen molar-refractivity contribution < 1.29 is 13.2 Å². The fraction of sp³-hybridized carbons (Fsp3) is 0.435. The molecule has 0 bridgehead atoms. The number of nitrogens with zero attached hydrogens (tertiary/aromatic N) is 2. The highest BCUT2D eigenvalue weighted by atomic mass is 35.5. The summed E-state index contributed by atoms with van der Waals surface area (Å²) < 4.78 is 40.6. The molecule has 1 unspecified atom stereocenters. The third kappa shape index (κ3) is 4.16. The second-order valence-electron chi connectivity index (χ2n) is 7.94. The van der Waals surface area contributed by atoms with Crippen molar-refractivity contribution in [2.45, 2.75) is 58.2 Å². The van der Waals surface area contributed by atoms with Crippen LogP contribution in [0.2, 0.25) is 5.02 Å². The van der Waals surface area contributed by atoms with Crippen LogP contribution in [0.5, 0.6) is 0 Å². The van der Waals surface area contributed by atoms with Crippen molar-refractivity contribution in [1.82, 2.24) is 9.55 Å². The molecule has 0 saturated heterocycles. The van der Waals surface area contributed by atoms with E-state index in [4.69, 9.17) is 11.6 Å². The van der Waals surface area contributed by atoms with Crippen LogP contribution < -0.4 is 0 Å². The average molecular weight is 421 g/mol. The molecule has 1 aliphatic carbocycles. The number of pyridine rings is 1. The predicted molar refractivity (Wildman–Crippen MR) is 110 cm³/mol. The molecule has 0 aliphatic heterocycles. The van der Waals surface area contributed by atoms with Gasteiger partial charge in [-0.25, -0.2) is 0 Å². The third-order valence-electron chi connectivity index (χ3n) is 5.97. The van der Waals surface area contributed by atoms with Gasteiger partial charge in [0.1, 0.15) is 5.69 Å². The number of halogens is 4. The third-order valence-corrected chi connectivity index (χ3v) is 6.20. The van der Waals surface area contributed by atoms with Gasteiger partial charge in [-0.2, -0.15) is 13.2 Å². The zero-order chi connectivity index (χ0) is 20.6. The van der Waals surface area contributed by atoms with Gasteiger partial charge in [0.05, 0.1) is 0 Å². The van der Waals surface area contributed by atoms with Crippen LogP contribution in [0.3, 0.4) is 0 Å². The number of rotatable bonds is 5. The molecule has 29 heavy (non-hydrogen) atoms. The Hall–Kier alpha value is -2.01. The minimum absolute atomic E-state index is 0.641. The molecule has 3 aromatic rings. The predicted octanol–water partition coefficient (Wildman–Crippen LogP) is 6.86. The normalized spacial score (nSPS) is 16.9. The van der Waals surface area contributed by atoms with Crippen LogP contribution in [0.4, 0.5) is 13.2 Å². The molecule has 0 N–H and O–H groups in total.